The zero-order chi connectivity index (χ0) is 18.0. The van der Waals surface area contributed by atoms with Gasteiger partial charge in [-0.05, 0) is 37.1 Å². The maximum Gasteiger partial charge on any atom is 0.229 e. The van der Waals surface area contributed by atoms with Gasteiger partial charge in [-0.15, -0.1) is 10.2 Å². The molecule has 1 saturated carbocycles. The zero-order valence-corrected chi connectivity index (χ0v) is 15.0. The van der Waals surface area contributed by atoms with Crippen LogP contribution in [0.2, 0.25) is 0 Å². The smallest absolute Gasteiger partial charge is 0.229 e. The van der Waals surface area contributed by atoms with Crippen LogP contribution in [0.15, 0.2) is 42.5 Å². The van der Waals surface area contributed by atoms with Crippen molar-refractivity contribution in [3.8, 4) is 5.75 Å². The lowest BCUT2D eigenvalue weighted by atomic mass is 10.1. The number of anilines is 2. The van der Waals surface area contributed by atoms with E-state index in [2.05, 4.69) is 20.8 Å². The van der Waals surface area contributed by atoms with Crippen molar-refractivity contribution in [1.29, 1.82) is 0 Å². The first-order chi connectivity index (χ1) is 12.8. The van der Waals surface area contributed by atoms with Gasteiger partial charge in [0.25, 0.3) is 0 Å². The predicted molar refractivity (Wildman–Crippen MR) is 102 cm³/mol. The van der Waals surface area contributed by atoms with Crippen molar-refractivity contribution in [3.63, 3.8) is 0 Å². The lowest BCUT2D eigenvalue weighted by Crippen LogP contribution is -2.20. The molecule has 1 amide bonds. The summed E-state index contributed by atoms with van der Waals surface area (Å²) in [7, 11) is 0. The lowest BCUT2D eigenvalue weighted by Gasteiger charge is -2.16. The van der Waals surface area contributed by atoms with Crippen LogP contribution in [-0.2, 0) is 4.79 Å². The van der Waals surface area contributed by atoms with Gasteiger partial charge in [-0.3, -0.25) is 4.79 Å². The van der Waals surface area contributed by atoms with Crippen molar-refractivity contribution >= 4 is 17.5 Å². The van der Waals surface area contributed by atoms with Crippen LogP contribution in [0.5, 0.6) is 5.75 Å². The number of hydrogen-bond donors (Lipinski definition) is 2. The summed E-state index contributed by atoms with van der Waals surface area (Å²) in [5.41, 5.74) is 0. The molecule has 3 rings (SSSR count). The van der Waals surface area contributed by atoms with Crippen molar-refractivity contribution in [2.45, 2.75) is 51.0 Å². The summed E-state index contributed by atoms with van der Waals surface area (Å²) in [5.74, 6) is 1.84. The summed E-state index contributed by atoms with van der Waals surface area (Å²) in [5, 5.41) is 14.5. The number of benzene rings is 1. The third-order valence-electron chi connectivity index (χ3n) is 4.48. The fourth-order valence-corrected chi connectivity index (χ4v) is 3.09. The van der Waals surface area contributed by atoms with Gasteiger partial charge in [-0.2, -0.15) is 0 Å². The predicted octanol–water partition coefficient (Wildman–Crippen LogP) is 4.02. The first kappa shape index (κ1) is 18.2. The maximum absolute atomic E-state index is 12.0. The van der Waals surface area contributed by atoms with E-state index in [4.69, 9.17) is 4.74 Å². The Hall–Kier alpha value is -2.63. The van der Waals surface area contributed by atoms with E-state index in [1.807, 2.05) is 36.4 Å². The van der Waals surface area contributed by atoms with E-state index in [1.165, 1.54) is 38.5 Å². The molecule has 1 heterocycles. The summed E-state index contributed by atoms with van der Waals surface area (Å²) in [6, 6.07) is 13.6. The van der Waals surface area contributed by atoms with Gasteiger partial charge in [-0.1, -0.05) is 43.9 Å². The Kier molecular flexibility index (Phi) is 6.81. The van der Waals surface area contributed by atoms with Crippen molar-refractivity contribution in [3.05, 3.63) is 42.5 Å². The van der Waals surface area contributed by atoms with Crippen LogP contribution in [0.1, 0.15) is 44.9 Å². The number of carbonyl (C=O) groups is 1. The molecule has 0 bridgehead atoms. The zero-order valence-electron chi connectivity index (χ0n) is 15.0. The molecule has 6 nitrogen and oxygen atoms in total. The highest BCUT2D eigenvalue weighted by molar-refractivity contribution is 5.89. The molecule has 1 aromatic heterocycles. The van der Waals surface area contributed by atoms with Gasteiger partial charge in [0.2, 0.25) is 5.91 Å². The Morgan fingerprint density at radius 3 is 2.35 bits per heavy atom. The molecule has 2 N–H and O–H groups in total. The van der Waals surface area contributed by atoms with Gasteiger partial charge >= 0.3 is 0 Å². The topological polar surface area (TPSA) is 76.1 Å². The van der Waals surface area contributed by atoms with Crippen molar-refractivity contribution in [1.82, 2.24) is 10.2 Å². The van der Waals surface area contributed by atoms with E-state index in [1.54, 1.807) is 6.07 Å². The number of ether oxygens (including phenoxy) is 1. The monoisotopic (exact) mass is 354 g/mol. The third-order valence-corrected chi connectivity index (χ3v) is 4.48. The second-order valence-electron chi connectivity index (χ2n) is 6.60. The molecule has 138 valence electrons. The molecule has 1 aromatic carbocycles. The number of aromatic nitrogens is 2. The van der Waals surface area contributed by atoms with E-state index in [0.29, 0.717) is 18.5 Å². The standard InChI is InChI=1S/C20H26N4O2/c25-20(14-15-26-17-10-6-3-7-11-17)22-19-13-12-18(23-24-19)21-16-8-4-1-2-5-9-16/h3,6-7,10-13,16H,1-2,4-5,8-9,14-15H2,(H,21,23)(H,22,24,25). The molecule has 0 atom stereocenters. The van der Waals surface area contributed by atoms with E-state index < -0.39 is 0 Å². The van der Waals surface area contributed by atoms with E-state index in [-0.39, 0.29) is 12.3 Å². The summed E-state index contributed by atoms with van der Waals surface area (Å²) in [6.45, 7) is 0.324. The molecular formula is C20H26N4O2. The SMILES string of the molecule is O=C(CCOc1ccccc1)Nc1ccc(NC2CCCCCC2)nn1. The van der Waals surface area contributed by atoms with E-state index >= 15 is 0 Å². The van der Waals surface area contributed by atoms with Crippen LogP contribution in [0.25, 0.3) is 0 Å². The second kappa shape index (κ2) is 9.75. The van der Waals surface area contributed by atoms with Gasteiger partial charge in [0.15, 0.2) is 5.82 Å². The number of para-hydroxylation sites is 1. The molecule has 6 heteroatoms. The molecule has 0 spiro atoms. The molecule has 26 heavy (non-hydrogen) atoms. The summed E-state index contributed by atoms with van der Waals surface area (Å²) in [4.78, 5) is 12.0. The van der Waals surface area contributed by atoms with Crippen molar-refractivity contribution < 1.29 is 9.53 Å². The third kappa shape index (κ3) is 6.02. The van der Waals surface area contributed by atoms with Crippen LogP contribution in [0.4, 0.5) is 11.6 Å². The van der Waals surface area contributed by atoms with Gasteiger partial charge in [0, 0.05) is 6.04 Å². The largest absolute Gasteiger partial charge is 0.493 e. The minimum atomic E-state index is -0.139. The highest BCUT2D eigenvalue weighted by Gasteiger charge is 2.12. The van der Waals surface area contributed by atoms with Crippen LogP contribution in [0.3, 0.4) is 0 Å². The van der Waals surface area contributed by atoms with Crippen molar-refractivity contribution in [2.75, 3.05) is 17.2 Å². The lowest BCUT2D eigenvalue weighted by molar-refractivity contribution is -0.116. The summed E-state index contributed by atoms with van der Waals surface area (Å²) in [6.07, 6.45) is 7.81. The average Bonchev–Trinajstić information content (AvgIpc) is 2.93. The minimum Gasteiger partial charge on any atom is -0.493 e. The fourth-order valence-electron chi connectivity index (χ4n) is 3.09. The first-order valence-corrected chi connectivity index (χ1v) is 9.37. The molecule has 0 saturated heterocycles. The molecule has 0 radical (unpaired) electrons. The number of carbonyl (C=O) groups excluding carboxylic acids is 1. The normalized spacial score (nSPS) is 15.1. The van der Waals surface area contributed by atoms with Crippen LogP contribution >= 0.6 is 0 Å². The molecule has 0 aliphatic heterocycles. The Morgan fingerprint density at radius 1 is 0.962 bits per heavy atom. The number of amides is 1. The Morgan fingerprint density at radius 2 is 1.65 bits per heavy atom. The number of nitrogens with zero attached hydrogens (tertiary/aromatic N) is 2. The first-order valence-electron chi connectivity index (χ1n) is 9.37. The molecule has 1 fully saturated rings. The summed E-state index contributed by atoms with van der Waals surface area (Å²) < 4.78 is 5.52. The highest BCUT2D eigenvalue weighted by atomic mass is 16.5. The van der Waals surface area contributed by atoms with E-state index in [9.17, 15) is 4.79 Å². The number of rotatable bonds is 7. The van der Waals surface area contributed by atoms with Gasteiger partial charge < -0.3 is 15.4 Å². The number of hydrogen-bond acceptors (Lipinski definition) is 5. The summed E-state index contributed by atoms with van der Waals surface area (Å²) >= 11 is 0. The van der Waals surface area contributed by atoms with Gasteiger partial charge in [0.1, 0.15) is 11.6 Å². The van der Waals surface area contributed by atoms with Crippen LogP contribution < -0.4 is 15.4 Å². The number of nitrogens with one attached hydrogen (secondary N) is 2. The van der Waals surface area contributed by atoms with Crippen LogP contribution in [-0.4, -0.2) is 28.8 Å². The quantitative estimate of drug-likeness (QED) is 0.735. The minimum absolute atomic E-state index is 0.139. The average molecular weight is 354 g/mol. The van der Waals surface area contributed by atoms with Gasteiger partial charge in [0.05, 0.1) is 13.0 Å². The molecule has 2 aromatic rings. The molecule has 1 aliphatic carbocycles. The fraction of sp³-hybridized carbons (Fsp3) is 0.450. The highest BCUT2D eigenvalue weighted by Crippen LogP contribution is 2.20. The molecular weight excluding hydrogens is 328 g/mol. The molecule has 0 unspecified atom stereocenters. The maximum atomic E-state index is 12.0. The van der Waals surface area contributed by atoms with Crippen LogP contribution in [0, 0.1) is 0 Å². The van der Waals surface area contributed by atoms with Crippen molar-refractivity contribution in [2.24, 2.45) is 0 Å². The Balaban J connectivity index is 1.41. The second-order valence-corrected chi connectivity index (χ2v) is 6.60. The Bertz CT molecular complexity index is 668. The molecule has 1 aliphatic rings. The van der Waals surface area contributed by atoms with E-state index in [0.717, 1.165) is 11.6 Å². The van der Waals surface area contributed by atoms with Gasteiger partial charge in [-0.25, -0.2) is 0 Å². The Labute approximate surface area is 154 Å².